The van der Waals surface area contributed by atoms with Gasteiger partial charge in [-0.2, -0.15) is 0 Å². The highest BCUT2D eigenvalue weighted by molar-refractivity contribution is 7.88. The lowest BCUT2D eigenvalue weighted by Crippen LogP contribution is -2.30. The van der Waals surface area contributed by atoms with Crippen molar-refractivity contribution in [2.45, 2.75) is 19.1 Å². The van der Waals surface area contributed by atoms with Gasteiger partial charge in [0.05, 0.1) is 5.75 Å². The minimum absolute atomic E-state index is 0.0317. The van der Waals surface area contributed by atoms with Crippen LogP contribution in [-0.4, -0.2) is 27.4 Å². The van der Waals surface area contributed by atoms with Crippen molar-refractivity contribution >= 4 is 15.9 Å². The third kappa shape index (κ3) is 5.79. The molecule has 2 rings (SSSR count). The number of carbonyl (C=O) groups excluding carboxylic acids is 1. The van der Waals surface area contributed by atoms with Gasteiger partial charge in [0.2, 0.25) is 10.0 Å². The summed E-state index contributed by atoms with van der Waals surface area (Å²) in [6, 6.07) is 16.3. The van der Waals surface area contributed by atoms with E-state index < -0.39 is 10.0 Å². The van der Waals surface area contributed by atoms with E-state index in [1.165, 1.54) is 0 Å². The highest BCUT2D eigenvalue weighted by atomic mass is 32.2. The van der Waals surface area contributed by atoms with Gasteiger partial charge in [0.15, 0.2) is 0 Å². The summed E-state index contributed by atoms with van der Waals surface area (Å²) in [4.78, 5) is 11.8. The van der Waals surface area contributed by atoms with Crippen LogP contribution in [0.15, 0.2) is 54.6 Å². The van der Waals surface area contributed by atoms with Gasteiger partial charge in [-0.15, -0.1) is 0 Å². The zero-order chi connectivity index (χ0) is 17.4. The maximum atomic E-state index is 12.1. The number of aryl methyl sites for hydroxylation is 1. The first-order valence-electron chi connectivity index (χ1n) is 7.83. The normalized spacial score (nSPS) is 11.2. The molecule has 0 bridgehead atoms. The van der Waals surface area contributed by atoms with E-state index in [2.05, 4.69) is 10.0 Å². The van der Waals surface area contributed by atoms with Crippen LogP contribution in [0.25, 0.3) is 0 Å². The molecule has 1 amide bonds. The summed E-state index contributed by atoms with van der Waals surface area (Å²) in [5.74, 6) is -0.186. The van der Waals surface area contributed by atoms with Gasteiger partial charge in [-0.1, -0.05) is 42.5 Å². The molecule has 0 radical (unpaired) electrons. The Kier molecular flexibility index (Phi) is 6.52. The Morgan fingerprint density at radius 2 is 1.62 bits per heavy atom. The minimum Gasteiger partial charge on any atom is -0.352 e. The summed E-state index contributed by atoms with van der Waals surface area (Å²) >= 11 is 0. The van der Waals surface area contributed by atoms with Crippen molar-refractivity contribution in [1.82, 2.24) is 10.0 Å². The molecule has 6 heteroatoms. The molecule has 0 atom stereocenters. The first-order valence-corrected chi connectivity index (χ1v) is 9.48. The molecule has 5 nitrogen and oxygen atoms in total. The van der Waals surface area contributed by atoms with Gasteiger partial charge >= 0.3 is 0 Å². The number of amides is 1. The third-order valence-electron chi connectivity index (χ3n) is 3.60. The van der Waals surface area contributed by atoms with Gasteiger partial charge in [0, 0.05) is 18.7 Å². The van der Waals surface area contributed by atoms with Crippen LogP contribution in [0.2, 0.25) is 0 Å². The van der Waals surface area contributed by atoms with Crippen molar-refractivity contribution in [1.29, 1.82) is 0 Å². The Morgan fingerprint density at radius 3 is 2.33 bits per heavy atom. The second-order valence-corrected chi connectivity index (χ2v) is 7.36. The van der Waals surface area contributed by atoms with Crippen molar-refractivity contribution in [2.75, 3.05) is 13.1 Å². The fraction of sp³-hybridized carbons (Fsp3) is 0.278. The Balaban J connectivity index is 1.72. The topological polar surface area (TPSA) is 75.3 Å². The standard InChI is InChI=1S/C18H22N2O3S/c1-15-8-5-6-11-17(15)14-24(22,23)20-13-7-12-19-18(21)16-9-3-2-4-10-16/h2-6,8-11,20H,7,12-14H2,1H3,(H,19,21). The number of benzene rings is 2. The summed E-state index contributed by atoms with van der Waals surface area (Å²) in [5.41, 5.74) is 2.35. The zero-order valence-corrected chi connectivity index (χ0v) is 14.5. The molecule has 2 aromatic carbocycles. The van der Waals surface area contributed by atoms with Crippen molar-refractivity contribution in [3.8, 4) is 0 Å². The molecule has 2 N–H and O–H groups in total. The van der Waals surface area contributed by atoms with Crippen molar-refractivity contribution in [3.05, 3.63) is 71.3 Å². The number of carbonyl (C=O) groups is 1. The minimum atomic E-state index is -3.37. The second kappa shape index (κ2) is 8.61. The Morgan fingerprint density at radius 1 is 0.958 bits per heavy atom. The summed E-state index contributed by atoms with van der Waals surface area (Å²) in [5, 5.41) is 2.77. The van der Waals surface area contributed by atoms with Crippen LogP contribution in [-0.2, 0) is 15.8 Å². The van der Waals surface area contributed by atoms with Gasteiger partial charge in [0.1, 0.15) is 0 Å². The van der Waals surface area contributed by atoms with Crippen LogP contribution in [0.3, 0.4) is 0 Å². The third-order valence-corrected chi connectivity index (χ3v) is 4.94. The first-order chi connectivity index (χ1) is 11.5. The molecule has 128 valence electrons. The number of hydrogen-bond acceptors (Lipinski definition) is 3. The molecule has 0 unspecified atom stereocenters. The van der Waals surface area contributed by atoms with Crippen LogP contribution in [0.5, 0.6) is 0 Å². The fourth-order valence-corrected chi connectivity index (χ4v) is 3.53. The lowest BCUT2D eigenvalue weighted by atomic mass is 10.1. The van der Waals surface area contributed by atoms with E-state index in [0.717, 1.165) is 11.1 Å². The highest BCUT2D eigenvalue weighted by Gasteiger charge is 2.12. The number of hydrogen-bond donors (Lipinski definition) is 2. The van der Waals surface area contributed by atoms with E-state index in [1.54, 1.807) is 24.3 Å². The lowest BCUT2D eigenvalue weighted by molar-refractivity contribution is 0.0953. The van der Waals surface area contributed by atoms with Crippen LogP contribution in [0, 0.1) is 6.92 Å². The van der Waals surface area contributed by atoms with Crippen LogP contribution >= 0.6 is 0 Å². The van der Waals surface area contributed by atoms with E-state index in [9.17, 15) is 13.2 Å². The number of sulfonamides is 1. The van der Waals surface area contributed by atoms with Crippen LogP contribution in [0.1, 0.15) is 27.9 Å². The van der Waals surface area contributed by atoms with Crippen molar-refractivity contribution < 1.29 is 13.2 Å². The molecule has 0 aliphatic carbocycles. The molecule has 0 heterocycles. The molecule has 0 aromatic heterocycles. The number of rotatable bonds is 8. The Labute approximate surface area is 143 Å². The second-order valence-electron chi connectivity index (χ2n) is 5.56. The molecule has 0 aliphatic rings. The van der Waals surface area contributed by atoms with Crippen molar-refractivity contribution in [2.24, 2.45) is 0 Å². The summed E-state index contributed by atoms with van der Waals surface area (Å²) < 4.78 is 26.7. The van der Waals surface area contributed by atoms with Gasteiger partial charge in [-0.3, -0.25) is 4.79 Å². The average Bonchev–Trinajstić information content (AvgIpc) is 2.57. The fourth-order valence-electron chi connectivity index (χ4n) is 2.24. The Bertz CT molecular complexity index is 774. The summed E-state index contributed by atoms with van der Waals surface area (Å²) in [6.45, 7) is 2.61. The molecular weight excluding hydrogens is 324 g/mol. The van der Waals surface area contributed by atoms with E-state index >= 15 is 0 Å². The van der Waals surface area contributed by atoms with Crippen LogP contribution < -0.4 is 10.0 Å². The average molecular weight is 346 g/mol. The molecule has 24 heavy (non-hydrogen) atoms. The van der Waals surface area contributed by atoms with Crippen LogP contribution in [0.4, 0.5) is 0 Å². The van der Waals surface area contributed by atoms with Gasteiger partial charge in [-0.05, 0) is 36.6 Å². The monoisotopic (exact) mass is 346 g/mol. The Hall–Kier alpha value is -2.18. The highest BCUT2D eigenvalue weighted by Crippen LogP contribution is 2.10. The smallest absolute Gasteiger partial charge is 0.251 e. The lowest BCUT2D eigenvalue weighted by Gasteiger charge is -2.09. The molecule has 0 fully saturated rings. The molecule has 0 aliphatic heterocycles. The van der Waals surface area contributed by atoms with Crippen molar-refractivity contribution in [3.63, 3.8) is 0 Å². The summed E-state index contributed by atoms with van der Waals surface area (Å²) in [6.07, 6.45) is 0.533. The largest absolute Gasteiger partial charge is 0.352 e. The van der Waals surface area contributed by atoms with E-state index in [4.69, 9.17) is 0 Å². The van der Waals surface area contributed by atoms with Gasteiger partial charge < -0.3 is 5.32 Å². The molecule has 0 saturated heterocycles. The predicted molar refractivity (Wildman–Crippen MR) is 95.2 cm³/mol. The molecule has 0 saturated carbocycles. The molecular formula is C18H22N2O3S. The summed E-state index contributed by atoms with van der Waals surface area (Å²) in [7, 11) is -3.37. The number of nitrogens with one attached hydrogen (secondary N) is 2. The first kappa shape index (κ1) is 18.2. The van der Waals surface area contributed by atoms with E-state index in [0.29, 0.717) is 25.1 Å². The van der Waals surface area contributed by atoms with E-state index in [1.807, 2.05) is 37.3 Å². The SMILES string of the molecule is Cc1ccccc1CS(=O)(=O)NCCCNC(=O)c1ccccc1. The molecule has 2 aromatic rings. The zero-order valence-electron chi connectivity index (χ0n) is 13.7. The van der Waals surface area contributed by atoms with Gasteiger partial charge in [-0.25, -0.2) is 13.1 Å². The quantitative estimate of drug-likeness (QED) is 0.720. The predicted octanol–water partition coefficient (Wildman–Crippen LogP) is 2.23. The van der Waals surface area contributed by atoms with Gasteiger partial charge in [0.25, 0.3) is 5.91 Å². The molecule has 0 spiro atoms. The maximum absolute atomic E-state index is 12.1. The van der Waals surface area contributed by atoms with E-state index in [-0.39, 0.29) is 11.7 Å². The maximum Gasteiger partial charge on any atom is 0.251 e.